The lowest BCUT2D eigenvalue weighted by Gasteiger charge is -2.19. The zero-order valence-electron chi connectivity index (χ0n) is 9.26. The van der Waals surface area contributed by atoms with Gasteiger partial charge in [-0.3, -0.25) is 0 Å². The highest BCUT2D eigenvalue weighted by atomic mass is 14.5. The van der Waals surface area contributed by atoms with Crippen molar-refractivity contribution in [1.29, 1.82) is 0 Å². The van der Waals surface area contributed by atoms with Crippen molar-refractivity contribution in [3.05, 3.63) is 0 Å². The van der Waals surface area contributed by atoms with Gasteiger partial charge in [0.25, 0.3) is 0 Å². The molecule has 0 heterocycles. The molecule has 0 radical (unpaired) electrons. The Morgan fingerprint density at radius 2 is 2.08 bits per heavy atom. The fourth-order valence-electron chi connectivity index (χ4n) is 3.44. The molecule has 2 rings (SSSR count). The molecule has 2 aliphatic carbocycles. The van der Waals surface area contributed by atoms with Crippen molar-refractivity contribution < 1.29 is 0 Å². The molecule has 0 spiro atoms. The van der Waals surface area contributed by atoms with Crippen LogP contribution in [-0.2, 0) is 0 Å². The first-order valence-corrected chi connectivity index (χ1v) is 6.35. The van der Waals surface area contributed by atoms with Gasteiger partial charge in [0, 0.05) is 0 Å². The predicted molar refractivity (Wildman–Crippen MR) is 57.6 cm³/mol. The maximum Gasteiger partial charge on any atom is -0.0354 e. The van der Waals surface area contributed by atoms with Crippen molar-refractivity contribution in [1.82, 2.24) is 0 Å². The summed E-state index contributed by atoms with van der Waals surface area (Å²) in [6.45, 7) is 4.71. The lowest BCUT2D eigenvalue weighted by atomic mass is 9.87. The molecule has 2 aliphatic rings. The molecule has 2 saturated carbocycles. The summed E-state index contributed by atoms with van der Waals surface area (Å²) >= 11 is 0. The van der Waals surface area contributed by atoms with Crippen LogP contribution in [0.3, 0.4) is 0 Å². The van der Waals surface area contributed by atoms with E-state index < -0.39 is 0 Å². The average molecular weight is 180 g/mol. The highest BCUT2D eigenvalue weighted by Crippen LogP contribution is 2.57. The van der Waals surface area contributed by atoms with Crippen LogP contribution in [0.2, 0.25) is 0 Å². The lowest BCUT2D eigenvalue weighted by Crippen LogP contribution is -2.08. The molecule has 2 fully saturated rings. The van der Waals surface area contributed by atoms with Crippen molar-refractivity contribution in [2.45, 2.75) is 58.8 Å². The summed E-state index contributed by atoms with van der Waals surface area (Å²) < 4.78 is 0. The van der Waals surface area contributed by atoms with Gasteiger partial charge in [-0.1, -0.05) is 33.1 Å². The minimum Gasteiger partial charge on any atom is -0.0654 e. The highest BCUT2D eigenvalue weighted by Gasteiger charge is 2.47. The Labute approximate surface area is 83.1 Å². The fourth-order valence-corrected chi connectivity index (χ4v) is 3.44. The number of rotatable bonds is 5. The summed E-state index contributed by atoms with van der Waals surface area (Å²) in [6, 6.07) is 0. The van der Waals surface area contributed by atoms with E-state index >= 15 is 0 Å². The predicted octanol–water partition coefficient (Wildman–Crippen LogP) is 4.25. The Hall–Kier alpha value is 0. The van der Waals surface area contributed by atoms with Crippen LogP contribution in [0.4, 0.5) is 0 Å². The molecule has 76 valence electrons. The Morgan fingerprint density at radius 1 is 1.23 bits per heavy atom. The zero-order chi connectivity index (χ0) is 9.26. The summed E-state index contributed by atoms with van der Waals surface area (Å²) in [5.74, 6) is 4.56. The Bertz CT molecular complexity index is 161. The second-order valence-electron chi connectivity index (χ2n) is 5.30. The van der Waals surface area contributed by atoms with E-state index in [0.29, 0.717) is 0 Å². The van der Waals surface area contributed by atoms with Gasteiger partial charge in [-0.15, -0.1) is 0 Å². The summed E-state index contributed by atoms with van der Waals surface area (Å²) in [7, 11) is 0. The molecule has 0 N–H and O–H groups in total. The van der Waals surface area contributed by atoms with Gasteiger partial charge in [0.05, 0.1) is 0 Å². The first-order valence-electron chi connectivity index (χ1n) is 6.35. The van der Waals surface area contributed by atoms with Crippen LogP contribution < -0.4 is 0 Å². The maximum absolute atomic E-state index is 2.37. The van der Waals surface area contributed by atoms with Crippen molar-refractivity contribution in [2.75, 3.05) is 0 Å². The molecule has 0 aliphatic heterocycles. The van der Waals surface area contributed by atoms with Gasteiger partial charge in [-0.2, -0.15) is 0 Å². The normalized spacial score (nSPS) is 38.8. The van der Waals surface area contributed by atoms with Crippen molar-refractivity contribution in [3.8, 4) is 0 Å². The van der Waals surface area contributed by atoms with Crippen molar-refractivity contribution >= 4 is 0 Å². The van der Waals surface area contributed by atoms with E-state index in [1.54, 1.807) is 25.7 Å². The standard InChI is InChI=1S/C13H24/c1-3-5-10(4-2)8-11-6-7-12-9-13(11)12/h10-13H,3-9H2,1-2H3/t10?,11-,12?,13-/m1/s1. The molecule has 2 unspecified atom stereocenters. The van der Waals surface area contributed by atoms with Crippen LogP contribution in [0, 0.1) is 23.7 Å². The number of hydrogen-bond donors (Lipinski definition) is 0. The molecule has 0 saturated heterocycles. The van der Waals surface area contributed by atoms with Crippen LogP contribution >= 0.6 is 0 Å². The van der Waals surface area contributed by atoms with Gasteiger partial charge in [-0.05, 0) is 49.4 Å². The van der Waals surface area contributed by atoms with Gasteiger partial charge in [-0.25, -0.2) is 0 Å². The van der Waals surface area contributed by atoms with E-state index in [2.05, 4.69) is 13.8 Å². The van der Waals surface area contributed by atoms with Crippen LogP contribution in [0.15, 0.2) is 0 Å². The number of fused-ring (bicyclic) bond motifs is 1. The van der Waals surface area contributed by atoms with Crippen molar-refractivity contribution in [2.24, 2.45) is 23.7 Å². The van der Waals surface area contributed by atoms with E-state index in [0.717, 1.165) is 11.8 Å². The second kappa shape index (κ2) is 4.02. The zero-order valence-corrected chi connectivity index (χ0v) is 9.26. The third-order valence-electron chi connectivity index (χ3n) is 4.40. The van der Waals surface area contributed by atoms with Gasteiger partial charge in [0.15, 0.2) is 0 Å². The van der Waals surface area contributed by atoms with E-state index in [4.69, 9.17) is 0 Å². The first-order chi connectivity index (χ1) is 6.35. The van der Waals surface area contributed by atoms with Crippen LogP contribution in [0.1, 0.15) is 58.8 Å². The topological polar surface area (TPSA) is 0 Å². The molecule has 0 bridgehead atoms. The number of hydrogen-bond acceptors (Lipinski definition) is 0. The molecule has 4 atom stereocenters. The smallest absolute Gasteiger partial charge is 0.0354 e. The molecule has 0 amide bonds. The summed E-state index contributed by atoms with van der Waals surface area (Å²) in [5.41, 5.74) is 0. The Kier molecular flexibility index (Phi) is 2.96. The molecule has 0 nitrogen and oxygen atoms in total. The molecule has 0 aromatic heterocycles. The van der Waals surface area contributed by atoms with Crippen LogP contribution in [0.5, 0.6) is 0 Å². The largest absolute Gasteiger partial charge is 0.0654 e. The van der Waals surface area contributed by atoms with E-state index in [1.165, 1.54) is 31.1 Å². The highest BCUT2D eigenvalue weighted by molar-refractivity contribution is 4.97. The third kappa shape index (κ3) is 2.08. The minimum atomic E-state index is 1.05. The Balaban J connectivity index is 1.75. The fraction of sp³-hybridized carbons (Fsp3) is 1.00. The van der Waals surface area contributed by atoms with Crippen LogP contribution in [0.25, 0.3) is 0 Å². The maximum atomic E-state index is 2.37. The molecular weight excluding hydrogens is 156 g/mol. The average Bonchev–Trinajstić information content (AvgIpc) is 2.83. The molecule has 0 aromatic rings. The minimum absolute atomic E-state index is 1.05. The summed E-state index contributed by atoms with van der Waals surface area (Å²) in [4.78, 5) is 0. The van der Waals surface area contributed by atoms with Crippen molar-refractivity contribution in [3.63, 3.8) is 0 Å². The van der Waals surface area contributed by atoms with Gasteiger partial charge in [0.1, 0.15) is 0 Å². The Morgan fingerprint density at radius 3 is 2.54 bits per heavy atom. The third-order valence-corrected chi connectivity index (χ3v) is 4.40. The molecule has 0 heteroatoms. The SMILES string of the molecule is CCCC(CC)C[C@H]1CCC2C[C@@H]21. The van der Waals surface area contributed by atoms with Crippen LogP contribution in [-0.4, -0.2) is 0 Å². The van der Waals surface area contributed by atoms with E-state index in [-0.39, 0.29) is 0 Å². The van der Waals surface area contributed by atoms with E-state index in [9.17, 15) is 0 Å². The summed E-state index contributed by atoms with van der Waals surface area (Å²) in [5, 5.41) is 0. The molecule has 0 aromatic carbocycles. The monoisotopic (exact) mass is 180 g/mol. The van der Waals surface area contributed by atoms with Gasteiger partial charge >= 0.3 is 0 Å². The molecular formula is C13H24. The summed E-state index contributed by atoms with van der Waals surface area (Å²) in [6.07, 6.45) is 10.6. The first kappa shape index (κ1) is 9.55. The van der Waals surface area contributed by atoms with E-state index in [1.807, 2.05) is 0 Å². The lowest BCUT2D eigenvalue weighted by molar-refractivity contribution is 0.322. The van der Waals surface area contributed by atoms with Gasteiger partial charge in [0.2, 0.25) is 0 Å². The quantitative estimate of drug-likeness (QED) is 0.593. The van der Waals surface area contributed by atoms with Gasteiger partial charge < -0.3 is 0 Å². The second-order valence-corrected chi connectivity index (χ2v) is 5.30. The molecule has 13 heavy (non-hydrogen) atoms.